The van der Waals surface area contributed by atoms with Crippen molar-refractivity contribution >= 4 is 0 Å². The van der Waals surface area contributed by atoms with Crippen LogP contribution in [0.5, 0.6) is 23.0 Å². The van der Waals surface area contributed by atoms with E-state index in [0.29, 0.717) is 57.1 Å². The molecule has 148 heavy (non-hydrogen) atoms. The Morgan fingerprint density at radius 2 is 0.561 bits per heavy atom. The number of pyridine rings is 12. The van der Waals surface area contributed by atoms with Gasteiger partial charge in [0.15, 0.2) is 0 Å². The first-order chi connectivity index (χ1) is 68.8. The summed E-state index contributed by atoms with van der Waals surface area (Å²) >= 11 is 0. The van der Waals surface area contributed by atoms with Gasteiger partial charge in [0, 0.05) is 149 Å². The van der Waals surface area contributed by atoms with Crippen molar-refractivity contribution in [1.29, 1.82) is 0 Å². The van der Waals surface area contributed by atoms with Gasteiger partial charge in [0.2, 0.25) is 23.6 Å². The summed E-state index contributed by atoms with van der Waals surface area (Å²) in [7, 11) is 0. The number of aromatic nitrogens is 20. The summed E-state index contributed by atoms with van der Waals surface area (Å²) in [6.45, 7) is 5.68. The van der Waals surface area contributed by atoms with Crippen molar-refractivity contribution < 1.29 is 189 Å². The van der Waals surface area contributed by atoms with Crippen molar-refractivity contribution in [3.63, 3.8) is 0 Å². The van der Waals surface area contributed by atoms with Gasteiger partial charge < -0.3 is 68.0 Å². The van der Waals surface area contributed by atoms with Crippen LogP contribution in [0.4, 0.5) is 70.2 Å². The molecule has 0 unspecified atom stereocenters. The van der Waals surface area contributed by atoms with E-state index in [0.717, 1.165) is 77.1 Å². The average Bonchev–Trinajstić information content (AvgIpc) is 1.62. The molecule has 20 rings (SSSR count). The van der Waals surface area contributed by atoms with E-state index in [1.165, 1.54) is 70.4 Å². The van der Waals surface area contributed by atoms with E-state index in [4.69, 9.17) is 17.7 Å². The molecule has 4 N–H and O–H groups in total. The minimum absolute atomic E-state index is 0. The average molecular weight is 2750 g/mol. The second kappa shape index (κ2) is 53.1. The third-order valence-electron chi connectivity index (χ3n) is 18.7. The molecular formula is C100H64F16Ir4N20O8-4. The fourth-order valence-corrected chi connectivity index (χ4v) is 12.1. The van der Waals surface area contributed by atoms with Gasteiger partial charge >= 0.3 is 24.7 Å². The fraction of sp³-hybridized carbons (Fsp3) is 0.0800. The maximum Gasteiger partial charge on any atom is 0.421 e. The molecule has 0 amide bonds. The molecule has 28 nitrogen and oxygen atoms in total. The van der Waals surface area contributed by atoms with Gasteiger partial charge in [0.1, 0.15) is 46.3 Å². The first-order valence-electron chi connectivity index (χ1n) is 41.3. The number of hydrogen-bond acceptors (Lipinski definition) is 28. The topological polar surface area (TPSA) is 391 Å². The summed E-state index contributed by atoms with van der Waals surface area (Å²) < 4.78 is 223. The zero-order valence-electron chi connectivity index (χ0n) is 75.5. The van der Waals surface area contributed by atoms with Crippen LogP contribution in [0, 0.1) is 75.2 Å². The van der Waals surface area contributed by atoms with Crippen LogP contribution in [0.3, 0.4) is 0 Å². The van der Waals surface area contributed by atoms with Crippen molar-refractivity contribution in [1.82, 2.24) is 101 Å². The first kappa shape index (κ1) is 115. The smallest absolute Gasteiger partial charge is 0.421 e. The first-order valence-corrected chi connectivity index (χ1v) is 41.3. The van der Waals surface area contributed by atoms with E-state index in [2.05, 4.69) is 125 Å². The normalized spacial score (nSPS) is 10.7. The maximum atomic E-state index is 13.0. The third kappa shape index (κ3) is 32.5. The number of alkyl halides is 12. The molecule has 20 aromatic rings. The number of para-hydroxylation sites is 4. The molecule has 16 aromatic heterocycles. The summed E-state index contributed by atoms with van der Waals surface area (Å²) in [6.07, 6.45) is -0.598. The zero-order valence-corrected chi connectivity index (χ0v) is 85.0. The van der Waals surface area contributed by atoms with Gasteiger partial charge in [-0.05, 0) is 187 Å². The maximum absolute atomic E-state index is 13.0. The minimum atomic E-state index is -4.59. The number of phenols is 4. The van der Waals surface area contributed by atoms with Gasteiger partial charge in [-0.25, -0.2) is 17.6 Å². The summed E-state index contributed by atoms with van der Waals surface area (Å²) in [6, 6.07) is 64.6. The van der Waals surface area contributed by atoms with Gasteiger partial charge in [-0.1, -0.05) is 80.6 Å². The van der Waals surface area contributed by atoms with Gasteiger partial charge in [0.05, 0.1) is 73.5 Å². The summed E-state index contributed by atoms with van der Waals surface area (Å²) in [4.78, 5) is 44.7. The van der Waals surface area contributed by atoms with Crippen molar-refractivity contribution in [3.8, 4) is 160 Å². The second-order valence-electron chi connectivity index (χ2n) is 29.2. The molecule has 4 aromatic carbocycles. The molecule has 0 spiro atoms. The van der Waals surface area contributed by atoms with Crippen molar-refractivity contribution in [2.24, 2.45) is 0 Å². The number of aryl methyl sites for hydroxylation is 4. The van der Waals surface area contributed by atoms with Crippen molar-refractivity contribution in [2.45, 2.75) is 52.4 Å². The molecular weight excluding hydrogens is 2680 g/mol. The number of phenolic OH excluding ortho intramolecular Hbond substituents is 4. The molecule has 764 valence electrons. The van der Waals surface area contributed by atoms with Gasteiger partial charge in [-0.2, -0.15) is 63.8 Å². The molecule has 0 atom stereocenters. The summed E-state index contributed by atoms with van der Waals surface area (Å²) in [5.41, 5.74) is 2.96. The van der Waals surface area contributed by atoms with E-state index in [1.54, 1.807) is 171 Å². The minimum Gasteiger partial charge on any atom is -0.507 e. The SMILES string of the molecule is Cc1cc(-c2cc(F)ccn2)[c-]c(C(F)(F)F)n1.Cc1cc(-c2ccc(F)cn2)[c-]c(C(F)(F)F)n1.Cc1nc(C(F)(F)F)c[c-]c1-c1cc(F)ccn1.Cc1nc(C(F)(F)F)c[c-]c1-c1ccc(F)cn1.Oc1ccccc1-c1nnc(-c2cccnc2)o1.Oc1ccccc1-c1nnc(-c2cccnc2)o1.Oc1ccccc1-c1nnc(-c2cccnc2)o1.Oc1ccccc1-c1nnc(-c2cccnc2)o1.[Ir].[Ir].[Ir].[Ir]. The van der Waals surface area contributed by atoms with E-state index < -0.39 is 70.7 Å². The fourth-order valence-electron chi connectivity index (χ4n) is 12.1. The van der Waals surface area contributed by atoms with Crippen LogP contribution < -0.4 is 0 Å². The molecule has 0 aliphatic rings. The molecule has 0 saturated carbocycles. The molecule has 0 aliphatic carbocycles. The van der Waals surface area contributed by atoms with Crippen LogP contribution in [-0.2, 0) is 105 Å². The molecule has 0 bridgehead atoms. The number of rotatable bonds is 12. The van der Waals surface area contributed by atoms with Crippen LogP contribution >= 0.6 is 0 Å². The predicted molar refractivity (Wildman–Crippen MR) is 483 cm³/mol. The molecule has 4 radical (unpaired) electrons. The molecule has 0 fully saturated rings. The number of hydrogen-bond donors (Lipinski definition) is 4. The van der Waals surface area contributed by atoms with Crippen LogP contribution in [-0.4, -0.2) is 121 Å². The Bertz CT molecular complexity index is 7200. The molecule has 16 heterocycles. The van der Waals surface area contributed by atoms with Crippen LogP contribution in [0.1, 0.15) is 45.6 Å². The number of halogens is 16. The van der Waals surface area contributed by atoms with Crippen molar-refractivity contribution in [2.75, 3.05) is 0 Å². The van der Waals surface area contributed by atoms with E-state index in [-0.39, 0.29) is 184 Å². The Balaban J connectivity index is 0.000000187. The summed E-state index contributed by atoms with van der Waals surface area (Å²) in [5.74, 6) is 0.916. The molecule has 48 heteroatoms. The quantitative estimate of drug-likeness (QED) is 0.0652. The Hall–Kier alpha value is -16.1. The molecule has 0 saturated heterocycles. The van der Waals surface area contributed by atoms with Gasteiger partial charge in [-0.3, -0.25) is 29.9 Å². The second-order valence-corrected chi connectivity index (χ2v) is 29.2. The monoisotopic (exact) mass is 2750 g/mol. The van der Waals surface area contributed by atoms with Gasteiger partial charge in [0.25, 0.3) is 23.6 Å². The Kier molecular flexibility index (Phi) is 41.5. The van der Waals surface area contributed by atoms with Gasteiger partial charge in [-0.15, -0.1) is 100 Å². The zero-order chi connectivity index (χ0) is 103. The predicted octanol–water partition coefficient (Wildman–Crippen LogP) is 23.6. The van der Waals surface area contributed by atoms with Crippen LogP contribution in [0.15, 0.2) is 310 Å². The van der Waals surface area contributed by atoms with E-state index in [1.807, 2.05) is 24.3 Å². The standard InChI is InChI=1S/4C13H9N3O2.4C12H7F4N2.4Ir/c4*17-11-6-2-1-5-10(11)13-16-15-12(18-13)9-4-3-7-14-8-9;1-7-9(10-4-2-8(13)6-17-10)3-5-11(18-7)12(14,15)16;1-7-4-8(5-11(18-7)12(14,15)16)10-6-9(13)2-3-17-10;1-7-4-8(5-11(18-7)12(14,15)16)10-3-2-9(13)6-17-10;1-7-9(10-6-8(13)4-5-17-10)2-3-11(18-7)12(14,15)16;;;;/h4*1-8,17H;2,4-6H,1H3;2*2-4,6H,1H3;3-6H,1H3;;;;/q;;;;4*-1;;;;. The van der Waals surface area contributed by atoms with Crippen LogP contribution in [0.25, 0.3) is 137 Å². The number of nitrogens with zero attached hydrogens (tertiary/aromatic N) is 20. The Morgan fingerprint density at radius 1 is 0.270 bits per heavy atom. The van der Waals surface area contributed by atoms with Crippen molar-refractivity contribution in [3.05, 3.63) is 386 Å². The van der Waals surface area contributed by atoms with E-state index in [9.17, 15) is 90.7 Å². The van der Waals surface area contributed by atoms with E-state index >= 15 is 0 Å². The Labute approximate surface area is 881 Å². The summed E-state index contributed by atoms with van der Waals surface area (Å²) in [5, 5.41) is 70.2. The third-order valence-corrected chi connectivity index (χ3v) is 18.7. The molecule has 0 aliphatic heterocycles. The van der Waals surface area contributed by atoms with Crippen LogP contribution in [0.2, 0.25) is 0 Å². The number of benzene rings is 4. The largest absolute Gasteiger partial charge is 0.507 e. The Morgan fingerprint density at radius 3 is 0.838 bits per heavy atom. The number of aromatic hydroxyl groups is 4.